The number of nitrogens with one attached hydrogen (secondary N) is 3. The molecule has 2 heterocycles. The Bertz CT molecular complexity index is 1060. The van der Waals surface area contributed by atoms with Gasteiger partial charge in [-0.2, -0.15) is 5.10 Å². The van der Waals surface area contributed by atoms with Crippen molar-refractivity contribution in [1.82, 2.24) is 15.2 Å². The highest BCUT2D eigenvalue weighted by molar-refractivity contribution is 6.16. The van der Waals surface area contributed by atoms with Crippen LogP contribution in [-0.2, 0) is 4.79 Å². The molecule has 1 saturated carbocycles. The maximum atomic E-state index is 13.0. The summed E-state index contributed by atoms with van der Waals surface area (Å²) in [6.07, 6.45) is 0.808. The van der Waals surface area contributed by atoms with E-state index in [9.17, 15) is 9.18 Å². The zero-order valence-electron chi connectivity index (χ0n) is 14.4. The van der Waals surface area contributed by atoms with Gasteiger partial charge in [0.2, 0.25) is 5.91 Å². The van der Waals surface area contributed by atoms with Crippen molar-refractivity contribution < 1.29 is 13.9 Å². The molecule has 3 aromatic rings. The van der Waals surface area contributed by atoms with Crippen molar-refractivity contribution in [3.63, 3.8) is 0 Å². The maximum Gasteiger partial charge on any atom is 0.231 e. The summed E-state index contributed by atoms with van der Waals surface area (Å²) in [7, 11) is 1.52. The first-order valence-electron chi connectivity index (χ1n) is 8.29. The minimum absolute atomic E-state index is 0.0831. The van der Waals surface area contributed by atoms with Gasteiger partial charge in [-0.25, -0.2) is 9.37 Å². The summed E-state index contributed by atoms with van der Waals surface area (Å²) in [5, 5.41) is 18.7. The van der Waals surface area contributed by atoms with Crippen LogP contribution in [0.5, 0.6) is 5.75 Å². The van der Waals surface area contributed by atoms with E-state index in [1.807, 2.05) is 0 Å². The molecule has 0 bridgehead atoms. The van der Waals surface area contributed by atoms with Crippen molar-refractivity contribution in [1.29, 1.82) is 5.41 Å². The molecular formula is C18H17FN6O2. The fourth-order valence-electron chi connectivity index (χ4n) is 2.89. The number of nitrogen functional groups attached to an aromatic ring is 1. The van der Waals surface area contributed by atoms with Crippen molar-refractivity contribution >= 4 is 34.2 Å². The van der Waals surface area contributed by atoms with E-state index >= 15 is 0 Å². The van der Waals surface area contributed by atoms with E-state index in [1.165, 1.54) is 13.2 Å². The average Bonchev–Trinajstić information content (AvgIpc) is 3.21. The van der Waals surface area contributed by atoms with Crippen molar-refractivity contribution in [2.75, 3.05) is 18.2 Å². The van der Waals surface area contributed by atoms with E-state index in [0.717, 1.165) is 10.9 Å². The van der Waals surface area contributed by atoms with Crippen LogP contribution >= 0.6 is 0 Å². The third-order valence-electron chi connectivity index (χ3n) is 4.52. The number of pyridine rings is 1. The van der Waals surface area contributed by atoms with E-state index in [4.69, 9.17) is 15.9 Å². The van der Waals surface area contributed by atoms with Crippen LogP contribution in [0.25, 0.3) is 10.9 Å². The van der Waals surface area contributed by atoms with Gasteiger partial charge in [0.05, 0.1) is 30.5 Å². The number of methoxy groups -OCH3 is 1. The molecule has 9 heteroatoms. The molecule has 0 unspecified atom stereocenters. The summed E-state index contributed by atoms with van der Waals surface area (Å²) in [6, 6.07) is 6.67. The summed E-state index contributed by atoms with van der Waals surface area (Å²) in [4.78, 5) is 15.9. The third kappa shape index (κ3) is 3.07. The van der Waals surface area contributed by atoms with Gasteiger partial charge in [-0.15, -0.1) is 0 Å². The molecule has 0 spiro atoms. The Morgan fingerprint density at radius 3 is 2.85 bits per heavy atom. The van der Waals surface area contributed by atoms with E-state index in [0.29, 0.717) is 16.9 Å². The number of halogens is 1. The van der Waals surface area contributed by atoms with Gasteiger partial charge < -0.3 is 15.8 Å². The first-order valence-corrected chi connectivity index (χ1v) is 8.29. The van der Waals surface area contributed by atoms with Gasteiger partial charge in [0.25, 0.3) is 0 Å². The average molecular weight is 368 g/mol. The monoisotopic (exact) mass is 368 g/mol. The van der Waals surface area contributed by atoms with Crippen LogP contribution in [0.15, 0.2) is 30.5 Å². The summed E-state index contributed by atoms with van der Waals surface area (Å²) in [5.41, 5.74) is 7.85. The number of hydrogen-bond donors (Lipinski definition) is 4. The number of nitrogens with zero attached hydrogens (tertiary/aromatic N) is 2. The molecule has 27 heavy (non-hydrogen) atoms. The quantitative estimate of drug-likeness (QED) is 0.513. The first-order chi connectivity index (χ1) is 13.0. The number of hydrogen-bond acceptors (Lipinski definition) is 6. The standard InChI is InChI=1S/C18H17FN6O2/c1-27-14-6-13-8(7-22-25-13)4-11(14)16(20)9-2-3-15(23-17(9)21)24-18(26)10-5-12(10)19/h2-4,6-7,10,12,20H,5H2,1H3,(H,22,25)(H3,21,23,24,26)/t10-,12+/m1/s1. The molecule has 1 aromatic carbocycles. The van der Waals surface area contributed by atoms with Crippen LogP contribution in [0.3, 0.4) is 0 Å². The van der Waals surface area contributed by atoms with Crippen LogP contribution in [0.4, 0.5) is 16.0 Å². The predicted octanol–water partition coefficient (Wildman–Crippen LogP) is 2.26. The lowest BCUT2D eigenvalue weighted by molar-refractivity contribution is -0.117. The lowest BCUT2D eigenvalue weighted by Gasteiger charge is -2.13. The molecule has 4 rings (SSSR count). The second-order valence-electron chi connectivity index (χ2n) is 6.36. The molecule has 0 saturated heterocycles. The number of aromatic nitrogens is 3. The first kappa shape index (κ1) is 17.0. The van der Waals surface area contributed by atoms with Crippen LogP contribution in [0, 0.1) is 11.3 Å². The number of carbonyl (C=O) groups excluding carboxylic acids is 1. The smallest absolute Gasteiger partial charge is 0.231 e. The zero-order chi connectivity index (χ0) is 19.1. The van der Waals surface area contributed by atoms with Gasteiger partial charge in [0, 0.05) is 22.6 Å². The van der Waals surface area contributed by atoms with Gasteiger partial charge in [-0.05, 0) is 24.6 Å². The predicted molar refractivity (Wildman–Crippen MR) is 98.9 cm³/mol. The van der Waals surface area contributed by atoms with Gasteiger partial charge in [-0.1, -0.05) is 0 Å². The molecule has 8 nitrogen and oxygen atoms in total. The number of fused-ring (bicyclic) bond motifs is 1. The number of nitrogens with two attached hydrogens (primary N) is 1. The Kier molecular flexibility index (Phi) is 3.98. The Morgan fingerprint density at radius 2 is 2.19 bits per heavy atom. The molecule has 1 aliphatic carbocycles. The maximum absolute atomic E-state index is 13.0. The van der Waals surface area contributed by atoms with Gasteiger partial charge in [0.1, 0.15) is 23.6 Å². The van der Waals surface area contributed by atoms with E-state index < -0.39 is 18.0 Å². The summed E-state index contributed by atoms with van der Waals surface area (Å²) < 4.78 is 18.4. The van der Waals surface area contributed by atoms with Crippen molar-refractivity contribution in [3.05, 3.63) is 41.6 Å². The van der Waals surface area contributed by atoms with Crippen molar-refractivity contribution in [2.45, 2.75) is 12.6 Å². The van der Waals surface area contributed by atoms with Crippen LogP contribution in [0.1, 0.15) is 17.5 Å². The lowest BCUT2D eigenvalue weighted by atomic mass is 10.0. The fourth-order valence-corrected chi connectivity index (χ4v) is 2.89. The molecular weight excluding hydrogens is 351 g/mol. The SMILES string of the molecule is COc1cc2[nH]ncc2cc1C(=N)c1ccc(NC(=O)[C@@H]2C[C@@H]2F)nc1N. The number of alkyl halides is 1. The number of ether oxygens (including phenoxy) is 1. The fraction of sp³-hybridized carbons (Fsp3) is 0.222. The van der Waals surface area contributed by atoms with E-state index in [1.54, 1.807) is 24.4 Å². The second-order valence-corrected chi connectivity index (χ2v) is 6.36. The topological polar surface area (TPSA) is 130 Å². The molecule has 2 atom stereocenters. The largest absolute Gasteiger partial charge is 0.496 e. The Hall–Kier alpha value is -3.49. The Balaban J connectivity index is 1.63. The minimum atomic E-state index is -1.08. The van der Waals surface area contributed by atoms with Crippen LogP contribution < -0.4 is 15.8 Å². The lowest BCUT2D eigenvalue weighted by Crippen LogP contribution is -2.17. The van der Waals surface area contributed by atoms with Crippen molar-refractivity contribution in [2.24, 2.45) is 5.92 Å². The van der Waals surface area contributed by atoms with Crippen molar-refractivity contribution in [3.8, 4) is 5.75 Å². The summed E-state index contributed by atoms with van der Waals surface area (Å²) >= 11 is 0. The van der Waals surface area contributed by atoms with Gasteiger partial charge in [0.15, 0.2) is 0 Å². The number of benzene rings is 1. The molecule has 2 aromatic heterocycles. The van der Waals surface area contributed by atoms with E-state index in [-0.39, 0.29) is 23.8 Å². The highest BCUT2D eigenvalue weighted by Crippen LogP contribution is 2.34. The molecule has 1 aliphatic rings. The van der Waals surface area contributed by atoms with Crippen LogP contribution in [-0.4, -0.2) is 40.1 Å². The second kappa shape index (κ2) is 6.35. The summed E-state index contributed by atoms with van der Waals surface area (Å²) in [5.74, 6) is -0.220. The molecule has 0 radical (unpaired) electrons. The number of anilines is 2. The summed E-state index contributed by atoms with van der Waals surface area (Å²) in [6.45, 7) is 0. The van der Waals surface area contributed by atoms with E-state index in [2.05, 4.69) is 20.5 Å². The number of carbonyl (C=O) groups is 1. The number of amides is 1. The molecule has 5 N–H and O–H groups in total. The Morgan fingerprint density at radius 1 is 1.41 bits per heavy atom. The molecule has 1 fully saturated rings. The highest BCUT2D eigenvalue weighted by atomic mass is 19.1. The molecule has 138 valence electrons. The number of H-pyrrole nitrogens is 1. The van der Waals surface area contributed by atoms with Crippen LogP contribution in [0.2, 0.25) is 0 Å². The zero-order valence-corrected chi connectivity index (χ0v) is 14.4. The van der Waals surface area contributed by atoms with Gasteiger partial charge in [-0.3, -0.25) is 15.3 Å². The number of rotatable bonds is 5. The Labute approximate surface area is 153 Å². The third-order valence-corrected chi connectivity index (χ3v) is 4.52. The highest BCUT2D eigenvalue weighted by Gasteiger charge is 2.43. The normalized spacial score (nSPS) is 18.3. The number of aromatic amines is 1. The van der Waals surface area contributed by atoms with Gasteiger partial charge >= 0.3 is 0 Å². The molecule has 1 amide bonds. The molecule has 0 aliphatic heterocycles. The minimum Gasteiger partial charge on any atom is -0.496 e.